The molecule has 3 nitrogen and oxygen atoms in total. The summed E-state index contributed by atoms with van der Waals surface area (Å²) >= 11 is 0. The van der Waals surface area contributed by atoms with Crippen molar-refractivity contribution in [3.63, 3.8) is 0 Å². The summed E-state index contributed by atoms with van der Waals surface area (Å²) in [7, 11) is 1.99. The van der Waals surface area contributed by atoms with Crippen molar-refractivity contribution in [2.45, 2.75) is 12.3 Å². The molecule has 13 heavy (non-hydrogen) atoms. The zero-order chi connectivity index (χ0) is 7.84. The molecule has 0 aliphatic heterocycles. The lowest BCUT2D eigenvalue weighted by Crippen LogP contribution is -2.04. The van der Waals surface area contributed by atoms with Gasteiger partial charge >= 0.3 is 0 Å². The van der Waals surface area contributed by atoms with E-state index >= 15 is 0 Å². The Morgan fingerprint density at radius 2 is 2.31 bits per heavy atom. The second-order valence-corrected chi connectivity index (χ2v) is 3.22. The molecule has 0 amide bonds. The number of rotatable bonds is 2. The molecule has 1 aliphatic rings. The van der Waals surface area contributed by atoms with Gasteiger partial charge in [-0.05, 0) is 24.9 Å². The van der Waals surface area contributed by atoms with Gasteiger partial charge in [0.05, 0.1) is 0 Å². The van der Waals surface area contributed by atoms with Crippen LogP contribution in [0.2, 0.25) is 0 Å². The molecule has 0 spiro atoms. The first-order valence-corrected chi connectivity index (χ1v) is 4.01. The van der Waals surface area contributed by atoms with Gasteiger partial charge < -0.3 is 5.73 Å². The van der Waals surface area contributed by atoms with Crippen LogP contribution in [0.1, 0.15) is 18.0 Å². The van der Waals surface area contributed by atoms with Gasteiger partial charge in [-0.3, -0.25) is 4.68 Å². The lowest BCUT2D eigenvalue weighted by atomic mass is 10.2. The van der Waals surface area contributed by atoms with Crippen molar-refractivity contribution in [3.8, 4) is 0 Å². The molecule has 0 saturated heterocycles. The van der Waals surface area contributed by atoms with Crippen LogP contribution in [-0.4, -0.2) is 16.3 Å². The summed E-state index contributed by atoms with van der Waals surface area (Å²) in [4.78, 5) is 0. The summed E-state index contributed by atoms with van der Waals surface area (Å²) in [6.07, 6.45) is 3.09. The Labute approximate surface area is 90.5 Å². The van der Waals surface area contributed by atoms with Crippen molar-refractivity contribution in [1.82, 2.24) is 9.78 Å². The molecule has 1 aromatic rings. The van der Waals surface area contributed by atoms with E-state index in [9.17, 15) is 0 Å². The van der Waals surface area contributed by atoms with E-state index in [4.69, 9.17) is 5.73 Å². The number of halogens is 2. The van der Waals surface area contributed by atoms with Crippen molar-refractivity contribution in [1.29, 1.82) is 0 Å². The first-order valence-electron chi connectivity index (χ1n) is 4.01. The van der Waals surface area contributed by atoms with Gasteiger partial charge in [0.2, 0.25) is 0 Å². The Morgan fingerprint density at radius 3 is 2.69 bits per heavy atom. The van der Waals surface area contributed by atoms with Crippen LogP contribution in [-0.2, 0) is 7.05 Å². The SMILES string of the molecule is Cl.Cl.Cn1nccc1[C@@H]1C[C@H]1CN. The fourth-order valence-corrected chi connectivity index (χ4v) is 1.62. The van der Waals surface area contributed by atoms with Gasteiger partial charge in [-0.25, -0.2) is 0 Å². The third kappa shape index (κ3) is 2.36. The Bertz CT molecular complexity index is 262. The number of hydrogen-bond acceptors (Lipinski definition) is 2. The van der Waals surface area contributed by atoms with Crippen LogP contribution >= 0.6 is 24.8 Å². The van der Waals surface area contributed by atoms with Crippen molar-refractivity contribution < 1.29 is 0 Å². The summed E-state index contributed by atoms with van der Waals surface area (Å²) in [5, 5.41) is 4.12. The fraction of sp³-hybridized carbons (Fsp3) is 0.625. The highest BCUT2D eigenvalue weighted by atomic mass is 35.5. The molecule has 0 radical (unpaired) electrons. The van der Waals surface area contributed by atoms with Crippen molar-refractivity contribution in [2.24, 2.45) is 18.7 Å². The average molecular weight is 224 g/mol. The lowest BCUT2D eigenvalue weighted by Gasteiger charge is -1.98. The van der Waals surface area contributed by atoms with E-state index in [2.05, 4.69) is 11.2 Å². The van der Waals surface area contributed by atoms with Crippen LogP contribution in [0.3, 0.4) is 0 Å². The van der Waals surface area contributed by atoms with Crippen molar-refractivity contribution >= 4 is 24.8 Å². The zero-order valence-electron chi connectivity index (χ0n) is 7.51. The monoisotopic (exact) mass is 223 g/mol. The molecule has 1 aromatic heterocycles. The second kappa shape index (κ2) is 4.84. The van der Waals surface area contributed by atoms with Gasteiger partial charge in [0.1, 0.15) is 0 Å². The largest absolute Gasteiger partial charge is 0.330 e. The zero-order valence-corrected chi connectivity index (χ0v) is 9.14. The van der Waals surface area contributed by atoms with Gasteiger partial charge in [-0.1, -0.05) is 0 Å². The van der Waals surface area contributed by atoms with Crippen LogP contribution in [0.4, 0.5) is 0 Å². The highest BCUT2D eigenvalue weighted by Gasteiger charge is 2.38. The van der Waals surface area contributed by atoms with Crippen LogP contribution in [0.15, 0.2) is 12.3 Å². The van der Waals surface area contributed by atoms with E-state index in [0.29, 0.717) is 11.8 Å². The van der Waals surface area contributed by atoms with Gasteiger partial charge in [-0.15, -0.1) is 24.8 Å². The maximum absolute atomic E-state index is 5.55. The normalized spacial score (nSPS) is 24.5. The third-order valence-electron chi connectivity index (χ3n) is 2.46. The summed E-state index contributed by atoms with van der Waals surface area (Å²) in [6.45, 7) is 0.815. The third-order valence-corrected chi connectivity index (χ3v) is 2.46. The van der Waals surface area contributed by atoms with Crippen molar-refractivity contribution in [3.05, 3.63) is 18.0 Å². The molecule has 2 rings (SSSR count). The molecule has 0 bridgehead atoms. The van der Waals surface area contributed by atoms with Gasteiger partial charge in [0.25, 0.3) is 0 Å². The molecule has 5 heteroatoms. The maximum atomic E-state index is 5.55. The van der Waals surface area contributed by atoms with Crippen LogP contribution in [0.5, 0.6) is 0 Å². The van der Waals surface area contributed by atoms with E-state index in [1.54, 1.807) is 0 Å². The molecule has 1 saturated carbocycles. The molecule has 0 unspecified atom stereocenters. The van der Waals surface area contributed by atoms with E-state index in [1.807, 2.05) is 17.9 Å². The topological polar surface area (TPSA) is 43.8 Å². The summed E-state index contributed by atoms with van der Waals surface area (Å²) in [5.41, 5.74) is 6.88. The van der Waals surface area contributed by atoms with E-state index < -0.39 is 0 Å². The molecular formula is C8H15Cl2N3. The van der Waals surface area contributed by atoms with Crippen molar-refractivity contribution in [2.75, 3.05) is 6.54 Å². The Hall–Kier alpha value is -0.250. The Morgan fingerprint density at radius 1 is 1.62 bits per heavy atom. The molecular weight excluding hydrogens is 209 g/mol. The quantitative estimate of drug-likeness (QED) is 0.823. The lowest BCUT2D eigenvalue weighted by molar-refractivity contribution is 0.690. The summed E-state index contributed by atoms with van der Waals surface area (Å²) < 4.78 is 1.94. The minimum Gasteiger partial charge on any atom is -0.330 e. The first-order chi connectivity index (χ1) is 5.33. The summed E-state index contributed by atoms with van der Waals surface area (Å²) in [5.74, 6) is 1.40. The standard InChI is InChI=1S/C8H13N3.2ClH/c1-11-8(2-3-10-11)7-4-6(7)5-9;;/h2-3,6-7H,4-5,9H2,1H3;2*1H/t6-,7+;;/m0../s1. The number of hydrogen-bond donors (Lipinski definition) is 1. The van der Waals surface area contributed by atoms with Gasteiger partial charge in [0.15, 0.2) is 0 Å². The smallest absolute Gasteiger partial charge is 0.0492 e. The second-order valence-electron chi connectivity index (χ2n) is 3.22. The molecule has 1 fully saturated rings. The maximum Gasteiger partial charge on any atom is 0.0492 e. The predicted octanol–water partition coefficient (Wildman–Crippen LogP) is 1.33. The molecule has 76 valence electrons. The number of nitrogens with two attached hydrogens (primary N) is 1. The number of aryl methyl sites for hydroxylation is 1. The Kier molecular flexibility index (Phi) is 4.75. The van der Waals surface area contributed by atoms with Gasteiger partial charge in [0, 0.05) is 24.9 Å². The molecule has 0 aromatic carbocycles. The number of nitrogens with zero attached hydrogens (tertiary/aromatic N) is 2. The van der Waals surface area contributed by atoms with Crippen LogP contribution < -0.4 is 5.73 Å². The molecule has 1 heterocycles. The van der Waals surface area contributed by atoms with E-state index in [0.717, 1.165) is 6.54 Å². The predicted molar refractivity (Wildman–Crippen MR) is 57.6 cm³/mol. The summed E-state index contributed by atoms with van der Waals surface area (Å²) in [6, 6.07) is 2.08. The minimum absolute atomic E-state index is 0. The minimum atomic E-state index is 0. The van der Waals surface area contributed by atoms with Crippen LogP contribution in [0, 0.1) is 5.92 Å². The van der Waals surface area contributed by atoms with E-state index in [1.165, 1.54) is 12.1 Å². The molecule has 2 atom stereocenters. The van der Waals surface area contributed by atoms with Crippen LogP contribution in [0.25, 0.3) is 0 Å². The highest BCUT2D eigenvalue weighted by molar-refractivity contribution is 5.85. The highest BCUT2D eigenvalue weighted by Crippen LogP contribution is 2.46. The fourth-order valence-electron chi connectivity index (χ4n) is 1.62. The first kappa shape index (κ1) is 12.8. The van der Waals surface area contributed by atoms with Gasteiger partial charge in [-0.2, -0.15) is 5.10 Å². The van der Waals surface area contributed by atoms with E-state index in [-0.39, 0.29) is 24.8 Å². The molecule has 1 aliphatic carbocycles. The average Bonchev–Trinajstić information content (AvgIpc) is 2.68. The Balaban J connectivity index is 0.000000720. The molecule has 2 N–H and O–H groups in total. The number of aromatic nitrogens is 2.